The molecule has 3 aromatic carbocycles. The summed E-state index contributed by atoms with van der Waals surface area (Å²) in [5, 5.41) is 1.22. The van der Waals surface area contributed by atoms with Crippen molar-refractivity contribution in [2.75, 3.05) is 14.2 Å². The molecule has 0 aliphatic carbocycles. The van der Waals surface area contributed by atoms with Crippen molar-refractivity contribution in [3.8, 4) is 11.5 Å². The van der Waals surface area contributed by atoms with Gasteiger partial charge < -0.3 is 9.47 Å². The summed E-state index contributed by atoms with van der Waals surface area (Å²) in [5.41, 5.74) is 3.51. The zero-order valence-electron chi connectivity index (χ0n) is 18.2. The van der Waals surface area contributed by atoms with Crippen LogP contribution in [0.25, 0.3) is 0 Å². The third-order valence-electron chi connectivity index (χ3n) is 5.36. The van der Waals surface area contributed by atoms with E-state index in [1.165, 1.54) is 16.4 Å². The lowest BCUT2D eigenvalue weighted by atomic mass is 9.96. The standard InChI is InChI=1S/C26H30NO2P/c1-5-26(2,30-25-14-10-9-13-21(25)18-27-3)23-17-22(28-4)15-16-24(23)29-19-20-11-7-6-8-12-20/h6-18,30H,5,19H2,1-4H3. The van der Waals surface area contributed by atoms with Crippen molar-refractivity contribution in [3.05, 3.63) is 89.5 Å². The van der Waals surface area contributed by atoms with Gasteiger partial charge in [-0.15, -0.1) is 0 Å². The molecule has 0 fully saturated rings. The molecule has 3 rings (SSSR count). The van der Waals surface area contributed by atoms with E-state index in [0.29, 0.717) is 15.2 Å². The van der Waals surface area contributed by atoms with Gasteiger partial charge in [0.15, 0.2) is 0 Å². The van der Waals surface area contributed by atoms with Gasteiger partial charge in [0.05, 0.1) is 7.11 Å². The van der Waals surface area contributed by atoms with Crippen molar-refractivity contribution in [1.82, 2.24) is 0 Å². The Hall–Kier alpha value is -2.64. The number of ether oxygens (including phenoxy) is 2. The fourth-order valence-electron chi connectivity index (χ4n) is 3.43. The number of hydrogen-bond acceptors (Lipinski definition) is 3. The normalized spacial score (nSPS) is 13.6. The lowest BCUT2D eigenvalue weighted by Crippen LogP contribution is -2.21. The maximum atomic E-state index is 6.31. The minimum absolute atomic E-state index is 0.0851. The van der Waals surface area contributed by atoms with E-state index in [4.69, 9.17) is 9.47 Å². The largest absolute Gasteiger partial charge is 0.497 e. The fraction of sp³-hybridized carbons (Fsp3) is 0.269. The molecule has 0 heterocycles. The molecule has 0 aromatic heterocycles. The van der Waals surface area contributed by atoms with Crippen molar-refractivity contribution in [3.63, 3.8) is 0 Å². The monoisotopic (exact) mass is 419 g/mol. The molecule has 0 radical (unpaired) electrons. The first-order valence-electron chi connectivity index (χ1n) is 10.2. The van der Waals surface area contributed by atoms with Crippen LogP contribution in [-0.4, -0.2) is 20.4 Å². The van der Waals surface area contributed by atoms with Crippen LogP contribution in [0.1, 0.15) is 37.0 Å². The van der Waals surface area contributed by atoms with Crippen LogP contribution in [0.5, 0.6) is 11.5 Å². The van der Waals surface area contributed by atoms with Crippen LogP contribution in [0.4, 0.5) is 0 Å². The number of hydrogen-bond donors (Lipinski definition) is 0. The van der Waals surface area contributed by atoms with Gasteiger partial charge in [0.25, 0.3) is 0 Å². The van der Waals surface area contributed by atoms with Crippen molar-refractivity contribution in [2.24, 2.45) is 4.99 Å². The Balaban J connectivity index is 1.97. The summed E-state index contributed by atoms with van der Waals surface area (Å²) in [6.45, 7) is 5.10. The van der Waals surface area contributed by atoms with Crippen LogP contribution in [-0.2, 0) is 11.8 Å². The molecule has 0 aliphatic rings. The van der Waals surface area contributed by atoms with Gasteiger partial charge in [-0.1, -0.05) is 77.0 Å². The van der Waals surface area contributed by atoms with Gasteiger partial charge in [0.1, 0.15) is 18.1 Å². The Kier molecular flexibility index (Phi) is 7.65. The van der Waals surface area contributed by atoms with Crippen molar-refractivity contribution < 1.29 is 9.47 Å². The zero-order valence-corrected chi connectivity index (χ0v) is 19.2. The van der Waals surface area contributed by atoms with Crippen molar-refractivity contribution >= 4 is 20.1 Å². The van der Waals surface area contributed by atoms with Gasteiger partial charge in [-0.2, -0.15) is 0 Å². The first-order valence-corrected chi connectivity index (χ1v) is 11.2. The number of rotatable bonds is 9. The van der Waals surface area contributed by atoms with E-state index in [1.807, 2.05) is 43.6 Å². The minimum Gasteiger partial charge on any atom is -0.497 e. The van der Waals surface area contributed by atoms with Crippen molar-refractivity contribution in [1.29, 1.82) is 0 Å². The molecule has 156 valence electrons. The minimum atomic E-state index is -0.0851. The smallest absolute Gasteiger partial charge is 0.124 e. The van der Waals surface area contributed by atoms with Gasteiger partial charge in [-0.3, -0.25) is 4.99 Å². The second-order valence-corrected chi connectivity index (χ2v) is 9.31. The Morgan fingerprint density at radius 1 is 1.00 bits per heavy atom. The van der Waals surface area contributed by atoms with E-state index >= 15 is 0 Å². The summed E-state index contributed by atoms with van der Waals surface area (Å²) in [7, 11) is 4.10. The van der Waals surface area contributed by atoms with E-state index in [2.05, 4.69) is 61.3 Å². The van der Waals surface area contributed by atoms with Gasteiger partial charge in [-0.25, -0.2) is 0 Å². The highest BCUT2D eigenvalue weighted by Gasteiger charge is 2.30. The summed E-state index contributed by atoms with van der Waals surface area (Å²) in [6, 6.07) is 24.9. The molecule has 0 N–H and O–H groups in total. The average Bonchev–Trinajstić information content (AvgIpc) is 2.79. The second kappa shape index (κ2) is 10.4. The summed E-state index contributed by atoms with van der Waals surface area (Å²) in [5.74, 6) is 1.77. The molecule has 0 saturated carbocycles. The molecule has 30 heavy (non-hydrogen) atoms. The van der Waals surface area contributed by atoms with E-state index < -0.39 is 0 Å². The summed E-state index contributed by atoms with van der Waals surface area (Å²) >= 11 is 0. The lowest BCUT2D eigenvalue weighted by Gasteiger charge is -2.32. The molecule has 0 saturated heterocycles. The number of benzene rings is 3. The van der Waals surface area contributed by atoms with Gasteiger partial charge in [-0.05, 0) is 41.1 Å². The van der Waals surface area contributed by atoms with Crippen LogP contribution in [0, 0.1) is 0 Å². The first kappa shape index (κ1) is 22.1. The number of methoxy groups -OCH3 is 1. The lowest BCUT2D eigenvalue weighted by molar-refractivity contribution is 0.299. The Labute approximate surface area is 182 Å². The zero-order chi connectivity index (χ0) is 21.4. The number of nitrogens with zero attached hydrogens (tertiary/aromatic N) is 1. The van der Waals surface area contributed by atoms with Gasteiger partial charge >= 0.3 is 0 Å². The maximum Gasteiger partial charge on any atom is 0.124 e. The molecule has 3 nitrogen and oxygen atoms in total. The van der Waals surface area contributed by atoms with Crippen LogP contribution in [0.3, 0.4) is 0 Å². The predicted octanol–water partition coefficient (Wildman–Crippen LogP) is 5.95. The third-order valence-corrected chi connectivity index (χ3v) is 7.26. The molecule has 0 spiro atoms. The highest BCUT2D eigenvalue weighted by Crippen LogP contribution is 2.48. The predicted molar refractivity (Wildman–Crippen MR) is 129 cm³/mol. The van der Waals surface area contributed by atoms with E-state index in [0.717, 1.165) is 23.5 Å². The van der Waals surface area contributed by atoms with E-state index in [1.54, 1.807) is 7.11 Å². The third kappa shape index (κ3) is 5.29. The highest BCUT2D eigenvalue weighted by molar-refractivity contribution is 7.48. The molecule has 2 atom stereocenters. The average molecular weight is 420 g/mol. The summed E-state index contributed by atoms with van der Waals surface area (Å²) in [4.78, 5) is 4.24. The molecule has 3 aromatic rings. The molecule has 0 aliphatic heterocycles. The molecule has 0 bridgehead atoms. The quantitative estimate of drug-likeness (QED) is 0.317. The Morgan fingerprint density at radius 2 is 1.73 bits per heavy atom. The topological polar surface area (TPSA) is 30.8 Å². The number of aliphatic imine (C=N–C) groups is 1. The summed E-state index contributed by atoms with van der Waals surface area (Å²) in [6.07, 6.45) is 2.93. The fourth-order valence-corrected chi connectivity index (χ4v) is 5.01. The SMILES string of the molecule is CCC(C)(Pc1ccccc1C=NC)c1cc(OC)ccc1OCc1ccccc1. The maximum absolute atomic E-state index is 6.31. The van der Waals surface area contributed by atoms with Gasteiger partial charge in [0.2, 0.25) is 0 Å². The van der Waals surface area contributed by atoms with Crippen molar-refractivity contribution in [2.45, 2.75) is 32.0 Å². The Bertz CT molecular complexity index is 987. The second-order valence-electron chi connectivity index (χ2n) is 7.42. The van der Waals surface area contributed by atoms with Crippen LogP contribution in [0.15, 0.2) is 77.8 Å². The van der Waals surface area contributed by atoms with Crippen LogP contribution >= 0.6 is 8.58 Å². The van der Waals surface area contributed by atoms with Crippen LogP contribution in [0.2, 0.25) is 0 Å². The molecule has 0 amide bonds. The van der Waals surface area contributed by atoms with Crippen LogP contribution < -0.4 is 14.8 Å². The van der Waals surface area contributed by atoms with E-state index in [9.17, 15) is 0 Å². The van der Waals surface area contributed by atoms with Gasteiger partial charge in [0, 0.05) is 24.0 Å². The molecular formula is C26H30NO2P. The van der Waals surface area contributed by atoms with E-state index in [-0.39, 0.29) is 5.16 Å². The summed E-state index contributed by atoms with van der Waals surface area (Å²) < 4.78 is 11.9. The Morgan fingerprint density at radius 3 is 2.43 bits per heavy atom. The molecular weight excluding hydrogens is 389 g/mol. The molecule has 4 heteroatoms. The first-order chi connectivity index (χ1) is 14.6. The highest BCUT2D eigenvalue weighted by atomic mass is 31.1. The molecule has 2 unspecified atom stereocenters.